The number of hydrogen-bond donors (Lipinski definition) is 1. The molecule has 0 fully saturated rings. The molecule has 3 aromatic heterocycles. The number of rotatable bonds is 2. The van der Waals surface area contributed by atoms with E-state index in [-0.39, 0.29) is 0 Å². The van der Waals surface area contributed by atoms with Gasteiger partial charge in [0, 0.05) is 29.3 Å². The number of aromatic nitrogens is 3. The van der Waals surface area contributed by atoms with Crippen LogP contribution in [0.3, 0.4) is 0 Å². The van der Waals surface area contributed by atoms with Crippen LogP contribution < -0.4 is 5.73 Å². The summed E-state index contributed by atoms with van der Waals surface area (Å²) in [6.07, 6.45) is 5.76. The quantitative estimate of drug-likeness (QED) is 0.570. The maximum atomic E-state index is 5.89. The summed E-state index contributed by atoms with van der Waals surface area (Å²) in [5.74, 6) is 0. The molecule has 0 saturated carbocycles. The summed E-state index contributed by atoms with van der Waals surface area (Å²) in [6, 6.07) is 16.1. The summed E-state index contributed by atoms with van der Waals surface area (Å²) in [5, 5.41) is 0. The molecule has 0 spiro atoms. The topological polar surface area (TPSA) is 56.2 Å². The van der Waals surface area contributed by atoms with Crippen molar-refractivity contribution >= 4 is 11.3 Å². The second kappa shape index (κ2) is 5.25. The van der Waals surface area contributed by atoms with Gasteiger partial charge in [-0.3, -0.25) is 9.38 Å². The van der Waals surface area contributed by atoms with E-state index in [0.717, 1.165) is 39.4 Å². The first-order valence-electron chi connectivity index (χ1n) is 7.47. The summed E-state index contributed by atoms with van der Waals surface area (Å²) in [7, 11) is 0. The summed E-state index contributed by atoms with van der Waals surface area (Å²) in [6.45, 7) is 2.00. The highest BCUT2D eigenvalue weighted by molar-refractivity contribution is 5.72. The zero-order valence-corrected chi connectivity index (χ0v) is 12.8. The Morgan fingerprint density at radius 2 is 1.78 bits per heavy atom. The van der Waals surface area contributed by atoms with Crippen LogP contribution in [0.4, 0.5) is 5.69 Å². The Morgan fingerprint density at radius 3 is 2.61 bits per heavy atom. The van der Waals surface area contributed by atoms with Gasteiger partial charge < -0.3 is 5.73 Å². The van der Waals surface area contributed by atoms with E-state index in [0.29, 0.717) is 0 Å². The first-order chi connectivity index (χ1) is 11.2. The highest BCUT2D eigenvalue weighted by Gasteiger charge is 2.08. The minimum absolute atomic E-state index is 0.751. The molecule has 0 aliphatic rings. The van der Waals surface area contributed by atoms with Crippen molar-refractivity contribution in [2.45, 2.75) is 6.92 Å². The maximum Gasteiger partial charge on any atom is 0.137 e. The molecule has 4 aromatic rings. The van der Waals surface area contributed by atoms with Gasteiger partial charge in [-0.25, -0.2) is 4.98 Å². The van der Waals surface area contributed by atoms with Crippen LogP contribution in [0.5, 0.6) is 0 Å². The fourth-order valence-electron chi connectivity index (χ4n) is 2.80. The van der Waals surface area contributed by atoms with Crippen molar-refractivity contribution in [2.24, 2.45) is 0 Å². The molecule has 4 rings (SSSR count). The lowest BCUT2D eigenvalue weighted by Crippen LogP contribution is -1.91. The molecular formula is C19H16N4. The van der Waals surface area contributed by atoms with Crippen molar-refractivity contribution < 1.29 is 0 Å². The van der Waals surface area contributed by atoms with Crippen LogP contribution in [0.15, 0.2) is 67.1 Å². The first kappa shape index (κ1) is 13.5. The molecule has 23 heavy (non-hydrogen) atoms. The van der Waals surface area contributed by atoms with Crippen molar-refractivity contribution in [3.8, 4) is 22.4 Å². The predicted molar refractivity (Wildman–Crippen MR) is 93.0 cm³/mol. The van der Waals surface area contributed by atoms with E-state index in [2.05, 4.69) is 32.6 Å². The van der Waals surface area contributed by atoms with Crippen LogP contribution in [0.2, 0.25) is 0 Å². The Bertz CT molecular complexity index is 1000. The summed E-state index contributed by atoms with van der Waals surface area (Å²) in [5.41, 5.74) is 12.9. The zero-order valence-electron chi connectivity index (χ0n) is 12.8. The number of benzene rings is 1. The second-order valence-corrected chi connectivity index (χ2v) is 5.60. The number of nitrogens with two attached hydrogens (primary N) is 1. The lowest BCUT2D eigenvalue weighted by molar-refractivity contribution is 1.18. The fourth-order valence-corrected chi connectivity index (χ4v) is 2.80. The number of hydrogen-bond acceptors (Lipinski definition) is 3. The largest absolute Gasteiger partial charge is 0.399 e. The van der Waals surface area contributed by atoms with Crippen molar-refractivity contribution in [3.05, 3.63) is 72.8 Å². The molecule has 0 unspecified atom stereocenters. The Labute approximate surface area is 134 Å². The van der Waals surface area contributed by atoms with E-state index < -0.39 is 0 Å². The lowest BCUT2D eigenvalue weighted by atomic mass is 10.1. The van der Waals surface area contributed by atoms with Gasteiger partial charge in [-0.05, 0) is 54.4 Å². The highest BCUT2D eigenvalue weighted by atomic mass is 15.0. The molecule has 0 aliphatic carbocycles. The summed E-state index contributed by atoms with van der Waals surface area (Å²) in [4.78, 5) is 8.79. The Balaban J connectivity index is 1.83. The molecule has 0 saturated heterocycles. The van der Waals surface area contributed by atoms with E-state index in [1.54, 1.807) is 0 Å². The van der Waals surface area contributed by atoms with Gasteiger partial charge in [-0.15, -0.1) is 0 Å². The molecule has 3 heterocycles. The molecule has 2 N–H and O–H groups in total. The molecule has 4 nitrogen and oxygen atoms in total. The van der Waals surface area contributed by atoms with Gasteiger partial charge in [-0.2, -0.15) is 0 Å². The number of fused-ring (bicyclic) bond motifs is 1. The number of nitrogen functional groups attached to an aromatic ring is 1. The number of aryl methyl sites for hydroxylation is 1. The van der Waals surface area contributed by atoms with Crippen LogP contribution in [-0.2, 0) is 0 Å². The number of nitrogens with zero attached hydrogens (tertiary/aromatic N) is 3. The predicted octanol–water partition coefficient (Wildman–Crippen LogP) is 3.95. The van der Waals surface area contributed by atoms with E-state index in [1.165, 1.54) is 0 Å². The second-order valence-electron chi connectivity index (χ2n) is 5.60. The molecule has 112 valence electrons. The van der Waals surface area contributed by atoms with Crippen LogP contribution in [-0.4, -0.2) is 14.4 Å². The van der Waals surface area contributed by atoms with E-state index in [1.807, 2.05) is 55.8 Å². The SMILES string of the molecule is Cc1cc(-c2ccn3c(-c4cccc(N)c4)cnc3c2)ccn1. The lowest BCUT2D eigenvalue weighted by Gasteiger charge is -2.06. The van der Waals surface area contributed by atoms with Gasteiger partial charge in [0.2, 0.25) is 0 Å². The Morgan fingerprint density at radius 1 is 0.913 bits per heavy atom. The summed E-state index contributed by atoms with van der Waals surface area (Å²) >= 11 is 0. The van der Waals surface area contributed by atoms with Crippen LogP contribution in [0.1, 0.15) is 5.69 Å². The zero-order chi connectivity index (χ0) is 15.8. The Hall–Kier alpha value is -3.14. The smallest absolute Gasteiger partial charge is 0.137 e. The van der Waals surface area contributed by atoms with E-state index in [9.17, 15) is 0 Å². The minimum atomic E-state index is 0.751. The maximum absolute atomic E-state index is 5.89. The van der Waals surface area contributed by atoms with Crippen LogP contribution in [0.25, 0.3) is 28.0 Å². The van der Waals surface area contributed by atoms with Crippen molar-refractivity contribution in [2.75, 3.05) is 5.73 Å². The molecule has 0 aliphatic heterocycles. The number of anilines is 1. The average molecular weight is 300 g/mol. The van der Waals surface area contributed by atoms with Gasteiger partial charge in [0.05, 0.1) is 11.9 Å². The third-order valence-corrected chi connectivity index (χ3v) is 3.93. The van der Waals surface area contributed by atoms with E-state index >= 15 is 0 Å². The molecule has 0 radical (unpaired) electrons. The standard InChI is InChI=1S/C19H16N4/c1-13-9-14(5-7-21-13)15-6-8-23-18(12-22-19(23)11-15)16-3-2-4-17(20)10-16/h2-12H,20H2,1H3. The van der Waals surface area contributed by atoms with Crippen LogP contribution in [0, 0.1) is 6.92 Å². The number of pyridine rings is 2. The Kier molecular flexibility index (Phi) is 3.08. The molecule has 1 aromatic carbocycles. The summed E-state index contributed by atoms with van der Waals surface area (Å²) < 4.78 is 2.08. The van der Waals surface area contributed by atoms with Crippen molar-refractivity contribution in [3.63, 3.8) is 0 Å². The van der Waals surface area contributed by atoms with Gasteiger partial charge in [0.25, 0.3) is 0 Å². The fraction of sp³-hybridized carbons (Fsp3) is 0.0526. The van der Waals surface area contributed by atoms with Gasteiger partial charge >= 0.3 is 0 Å². The van der Waals surface area contributed by atoms with Gasteiger partial charge in [0.1, 0.15) is 5.65 Å². The average Bonchev–Trinajstić information content (AvgIpc) is 2.98. The van der Waals surface area contributed by atoms with E-state index in [4.69, 9.17) is 5.73 Å². The molecule has 0 amide bonds. The van der Waals surface area contributed by atoms with Crippen molar-refractivity contribution in [1.82, 2.24) is 14.4 Å². The molecule has 0 bridgehead atoms. The molecule has 4 heteroatoms. The first-order valence-corrected chi connectivity index (χ1v) is 7.47. The number of imidazole rings is 1. The monoisotopic (exact) mass is 300 g/mol. The molecule has 0 atom stereocenters. The molecular weight excluding hydrogens is 284 g/mol. The van der Waals surface area contributed by atoms with Crippen LogP contribution >= 0.6 is 0 Å². The highest BCUT2D eigenvalue weighted by Crippen LogP contribution is 2.26. The third kappa shape index (κ3) is 2.44. The minimum Gasteiger partial charge on any atom is -0.399 e. The third-order valence-electron chi connectivity index (χ3n) is 3.93. The van der Waals surface area contributed by atoms with Gasteiger partial charge in [0.15, 0.2) is 0 Å². The van der Waals surface area contributed by atoms with Gasteiger partial charge in [-0.1, -0.05) is 12.1 Å². The van der Waals surface area contributed by atoms with Crippen molar-refractivity contribution in [1.29, 1.82) is 0 Å². The normalized spacial score (nSPS) is 11.0.